The van der Waals surface area contributed by atoms with E-state index in [9.17, 15) is 9.59 Å². The summed E-state index contributed by atoms with van der Waals surface area (Å²) in [5.74, 6) is 0. The van der Waals surface area contributed by atoms with E-state index in [0.717, 1.165) is 6.42 Å². The van der Waals surface area contributed by atoms with Crippen LogP contribution in [-0.4, -0.2) is 43.7 Å². The standard InChI is InChI=1S/C23H47N5O3/c1-3-4-5-6-7-8-9-10-11-12-13-14-15-16-17-18-19-31-20-25-21-26-22(29)27-23(30)28(21)24-2/h21,24-25H,3-20H2,1-2H3,(H2,26,27,29,30). The van der Waals surface area contributed by atoms with Gasteiger partial charge in [-0.15, -0.1) is 0 Å². The minimum Gasteiger partial charge on any atom is -0.366 e. The molecular formula is C23H47N5O3. The molecule has 0 radical (unpaired) electrons. The number of carbonyl (C=O) groups excluding carboxylic acids is 2. The molecule has 1 rings (SSSR count). The maximum absolute atomic E-state index is 11.7. The Morgan fingerprint density at radius 2 is 1.29 bits per heavy atom. The molecule has 4 amide bonds. The van der Waals surface area contributed by atoms with Gasteiger partial charge in [-0.05, 0) is 6.42 Å². The first-order chi connectivity index (χ1) is 15.2. The third-order valence-corrected chi connectivity index (χ3v) is 5.73. The third-order valence-electron chi connectivity index (χ3n) is 5.73. The maximum atomic E-state index is 11.7. The van der Waals surface area contributed by atoms with Crippen LogP contribution in [0.25, 0.3) is 0 Å². The number of urea groups is 2. The lowest BCUT2D eigenvalue weighted by molar-refractivity contribution is 0.0511. The molecule has 1 heterocycles. The zero-order valence-electron chi connectivity index (χ0n) is 20.0. The van der Waals surface area contributed by atoms with Crippen molar-refractivity contribution in [1.82, 2.24) is 26.4 Å². The number of rotatable bonds is 21. The smallest absolute Gasteiger partial charge is 0.342 e. The predicted molar refractivity (Wildman–Crippen MR) is 125 cm³/mol. The van der Waals surface area contributed by atoms with E-state index in [4.69, 9.17) is 4.74 Å². The number of nitrogens with one attached hydrogen (secondary N) is 4. The Morgan fingerprint density at radius 3 is 1.77 bits per heavy atom. The molecule has 8 nitrogen and oxygen atoms in total. The van der Waals surface area contributed by atoms with Gasteiger partial charge >= 0.3 is 12.1 Å². The highest BCUT2D eigenvalue weighted by atomic mass is 16.5. The molecule has 1 atom stereocenters. The molecule has 1 aliphatic heterocycles. The molecule has 8 heteroatoms. The highest BCUT2D eigenvalue weighted by Crippen LogP contribution is 2.13. The second-order valence-electron chi connectivity index (χ2n) is 8.46. The van der Waals surface area contributed by atoms with Crippen LogP contribution in [0.2, 0.25) is 0 Å². The van der Waals surface area contributed by atoms with E-state index in [-0.39, 0.29) is 6.73 Å². The van der Waals surface area contributed by atoms with Crippen LogP contribution in [0.5, 0.6) is 0 Å². The highest BCUT2D eigenvalue weighted by molar-refractivity contribution is 5.95. The van der Waals surface area contributed by atoms with Gasteiger partial charge in [0, 0.05) is 13.7 Å². The fourth-order valence-corrected chi connectivity index (χ4v) is 3.83. The molecule has 1 saturated heterocycles. The van der Waals surface area contributed by atoms with Crippen molar-refractivity contribution in [3.05, 3.63) is 0 Å². The van der Waals surface area contributed by atoms with Gasteiger partial charge in [0.25, 0.3) is 0 Å². The van der Waals surface area contributed by atoms with Gasteiger partial charge in [0.2, 0.25) is 0 Å². The lowest BCUT2D eigenvalue weighted by Crippen LogP contribution is -2.71. The number of hydrogen-bond acceptors (Lipinski definition) is 5. The summed E-state index contributed by atoms with van der Waals surface area (Å²) in [5.41, 5.74) is 2.72. The average molecular weight is 442 g/mol. The number of hydrazine groups is 1. The molecule has 1 fully saturated rings. The Balaban J connectivity index is 1.80. The Kier molecular flexibility index (Phi) is 17.2. The topological polar surface area (TPSA) is 94.7 Å². The van der Waals surface area contributed by atoms with Crippen LogP contribution in [0.4, 0.5) is 9.59 Å². The second-order valence-corrected chi connectivity index (χ2v) is 8.46. The van der Waals surface area contributed by atoms with Crippen LogP contribution in [0, 0.1) is 0 Å². The van der Waals surface area contributed by atoms with Gasteiger partial charge in [-0.1, -0.05) is 103 Å². The highest BCUT2D eigenvalue weighted by Gasteiger charge is 2.30. The summed E-state index contributed by atoms with van der Waals surface area (Å²) < 4.78 is 5.57. The predicted octanol–water partition coefficient (Wildman–Crippen LogP) is 4.96. The molecule has 0 aromatic rings. The zero-order chi connectivity index (χ0) is 22.6. The monoisotopic (exact) mass is 441 g/mol. The number of carbonyl (C=O) groups is 2. The Bertz CT molecular complexity index is 464. The summed E-state index contributed by atoms with van der Waals surface area (Å²) in [4.78, 5) is 23.0. The van der Waals surface area contributed by atoms with E-state index in [1.54, 1.807) is 7.05 Å². The minimum absolute atomic E-state index is 0.273. The van der Waals surface area contributed by atoms with Crippen LogP contribution in [-0.2, 0) is 4.74 Å². The lowest BCUT2D eigenvalue weighted by atomic mass is 10.0. The van der Waals surface area contributed by atoms with E-state index in [2.05, 4.69) is 28.3 Å². The maximum Gasteiger partial charge on any atom is 0.342 e. The van der Waals surface area contributed by atoms with Gasteiger partial charge in [-0.25, -0.2) is 20.0 Å². The SMILES string of the molecule is CCCCCCCCCCCCCCCCCCOCNC1NC(=O)NC(=O)N1NC. The van der Waals surface area contributed by atoms with Crippen molar-refractivity contribution in [2.24, 2.45) is 0 Å². The molecule has 1 aliphatic rings. The Morgan fingerprint density at radius 1 is 0.806 bits per heavy atom. The quantitative estimate of drug-likeness (QED) is 0.149. The first kappa shape index (κ1) is 27.7. The Hall–Kier alpha value is -1.38. The molecule has 31 heavy (non-hydrogen) atoms. The van der Waals surface area contributed by atoms with Crippen molar-refractivity contribution < 1.29 is 14.3 Å². The summed E-state index contributed by atoms with van der Waals surface area (Å²) in [5, 5.41) is 9.02. The van der Waals surface area contributed by atoms with Crippen LogP contribution in [0.1, 0.15) is 110 Å². The normalized spacial score (nSPS) is 16.5. The van der Waals surface area contributed by atoms with Crippen molar-refractivity contribution in [2.45, 2.75) is 116 Å². The largest absolute Gasteiger partial charge is 0.366 e. The molecule has 0 saturated carbocycles. The van der Waals surface area contributed by atoms with Gasteiger partial charge in [0.15, 0.2) is 6.29 Å². The Labute approximate surface area is 189 Å². The first-order valence-corrected chi connectivity index (χ1v) is 12.6. The molecule has 0 aromatic heterocycles. The molecule has 1 unspecified atom stereocenters. The zero-order valence-corrected chi connectivity index (χ0v) is 20.0. The van der Waals surface area contributed by atoms with Crippen molar-refractivity contribution >= 4 is 12.1 Å². The number of nitrogens with zero attached hydrogens (tertiary/aromatic N) is 1. The minimum atomic E-state index is -0.628. The van der Waals surface area contributed by atoms with E-state index >= 15 is 0 Å². The molecule has 182 valence electrons. The van der Waals surface area contributed by atoms with Gasteiger partial charge < -0.3 is 10.1 Å². The van der Waals surface area contributed by atoms with Crippen molar-refractivity contribution in [1.29, 1.82) is 0 Å². The lowest BCUT2D eigenvalue weighted by Gasteiger charge is -2.35. The van der Waals surface area contributed by atoms with Gasteiger partial charge in [-0.3, -0.25) is 10.6 Å². The fourth-order valence-electron chi connectivity index (χ4n) is 3.83. The van der Waals surface area contributed by atoms with Crippen molar-refractivity contribution in [3.63, 3.8) is 0 Å². The molecular weight excluding hydrogens is 394 g/mol. The van der Waals surface area contributed by atoms with Crippen LogP contribution in [0.3, 0.4) is 0 Å². The second kappa shape index (κ2) is 19.3. The number of imide groups is 1. The summed E-state index contributed by atoms with van der Waals surface area (Å²) in [6, 6.07) is -1.02. The number of hydrogen-bond donors (Lipinski definition) is 4. The van der Waals surface area contributed by atoms with Gasteiger partial charge in [0.1, 0.15) is 0 Å². The van der Waals surface area contributed by atoms with Crippen LogP contribution >= 0.6 is 0 Å². The van der Waals surface area contributed by atoms with E-state index in [1.807, 2.05) is 0 Å². The van der Waals surface area contributed by atoms with Crippen molar-refractivity contribution in [3.8, 4) is 0 Å². The van der Waals surface area contributed by atoms with Crippen LogP contribution in [0.15, 0.2) is 0 Å². The third kappa shape index (κ3) is 14.3. The van der Waals surface area contributed by atoms with E-state index in [0.29, 0.717) is 6.61 Å². The molecule has 0 aliphatic carbocycles. The molecule has 4 N–H and O–H groups in total. The average Bonchev–Trinajstić information content (AvgIpc) is 2.75. The fraction of sp³-hybridized carbons (Fsp3) is 0.913. The molecule has 0 spiro atoms. The summed E-state index contributed by atoms with van der Waals surface area (Å²) in [6.45, 7) is 3.23. The summed E-state index contributed by atoms with van der Waals surface area (Å²) in [6.07, 6.45) is 21.0. The first-order valence-electron chi connectivity index (χ1n) is 12.6. The number of ether oxygens (including phenoxy) is 1. The van der Waals surface area contributed by atoms with Crippen LogP contribution < -0.4 is 21.4 Å². The molecule has 0 aromatic carbocycles. The van der Waals surface area contributed by atoms with E-state index < -0.39 is 18.4 Å². The molecule has 0 bridgehead atoms. The van der Waals surface area contributed by atoms with Gasteiger partial charge in [-0.2, -0.15) is 0 Å². The summed E-state index contributed by atoms with van der Waals surface area (Å²) >= 11 is 0. The summed E-state index contributed by atoms with van der Waals surface area (Å²) in [7, 11) is 1.61. The van der Waals surface area contributed by atoms with Crippen molar-refractivity contribution in [2.75, 3.05) is 20.4 Å². The van der Waals surface area contributed by atoms with Gasteiger partial charge in [0.05, 0.1) is 6.73 Å². The number of amides is 4. The van der Waals surface area contributed by atoms with E-state index in [1.165, 1.54) is 101 Å². The number of unbranched alkanes of at least 4 members (excludes halogenated alkanes) is 15.